The number of methoxy groups -OCH3 is 2. The maximum Gasteiger partial charge on any atom is 0.246 e. The monoisotopic (exact) mass is 449 g/mol. The molecule has 2 aliphatic rings. The summed E-state index contributed by atoms with van der Waals surface area (Å²) in [4.78, 5) is 33.7. The highest BCUT2D eigenvalue weighted by Crippen LogP contribution is 2.44. The smallest absolute Gasteiger partial charge is 0.246 e. The standard InChI is InChI=1S/C25H27N3O5/c1-32-20-9-8-15(12-21(20)33-2)24-23-17(16-6-3-4-7-18(16)26-23)13-19-25(31)27(10-5-11-29)14-22(30)28(19)24/h3-4,6-9,12,19,24,26,29H,5,10-11,13-14H2,1-2H3/t19-,24?/m0/s1. The molecule has 0 spiro atoms. The number of hydrogen-bond donors (Lipinski definition) is 2. The predicted octanol–water partition coefficient (Wildman–Crippen LogP) is 2.25. The molecule has 5 rings (SSSR count). The van der Waals surface area contributed by atoms with Gasteiger partial charge in [0, 0.05) is 36.2 Å². The van der Waals surface area contributed by atoms with Crippen LogP contribution < -0.4 is 9.47 Å². The number of carbonyl (C=O) groups excluding carboxylic acids is 2. The Hall–Kier alpha value is -3.52. The fourth-order valence-corrected chi connectivity index (χ4v) is 5.14. The van der Waals surface area contributed by atoms with E-state index in [0.29, 0.717) is 30.9 Å². The Bertz CT molecular complexity index is 1220. The lowest BCUT2D eigenvalue weighted by Gasteiger charge is -2.47. The minimum atomic E-state index is -0.602. The number of aliphatic hydroxyl groups is 1. The van der Waals surface area contributed by atoms with Gasteiger partial charge < -0.3 is 29.4 Å². The van der Waals surface area contributed by atoms with E-state index in [0.717, 1.165) is 27.7 Å². The first-order valence-corrected chi connectivity index (χ1v) is 11.1. The number of piperazine rings is 1. The van der Waals surface area contributed by atoms with Crippen molar-refractivity contribution in [3.63, 3.8) is 0 Å². The van der Waals surface area contributed by atoms with Crippen molar-refractivity contribution in [2.24, 2.45) is 0 Å². The van der Waals surface area contributed by atoms with Crippen LogP contribution in [0.25, 0.3) is 10.9 Å². The summed E-state index contributed by atoms with van der Waals surface area (Å²) in [5.41, 5.74) is 3.79. The van der Waals surface area contributed by atoms with E-state index < -0.39 is 12.1 Å². The fourth-order valence-electron chi connectivity index (χ4n) is 5.14. The Balaban J connectivity index is 1.67. The van der Waals surface area contributed by atoms with Gasteiger partial charge >= 0.3 is 0 Å². The molecule has 0 radical (unpaired) electrons. The number of benzene rings is 2. The first-order chi connectivity index (χ1) is 16.1. The number of nitrogens with one attached hydrogen (secondary N) is 1. The maximum atomic E-state index is 13.5. The Kier molecular flexibility index (Phi) is 5.46. The van der Waals surface area contributed by atoms with E-state index in [-0.39, 0.29) is 25.0 Å². The number of para-hydroxylation sites is 1. The van der Waals surface area contributed by atoms with Crippen molar-refractivity contribution < 1.29 is 24.2 Å². The van der Waals surface area contributed by atoms with Crippen LogP contribution in [0.3, 0.4) is 0 Å². The molecule has 2 amide bonds. The third-order valence-corrected chi connectivity index (χ3v) is 6.65. The van der Waals surface area contributed by atoms with Crippen molar-refractivity contribution in [1.29, 1.82) is 0 Å². The summed E-state index contributed by atoms with van der Waals surface area (Å²) in [5.74, 6) is 0.975. The van der Waals surface area contributed by atoms with Gasteiger partial charge in [-0.3, -0.25) is 9.59 Å². The predicted molar refractivity (Wildman–Crippen MR) is 122 cm³/mol. The van der Waals surface area contributed by atoms with E-state index >= 15 is 0 Å². The first kappa shape index (κ1) is 21.3. The van der Waals surface area contributed by atoms with Gasteiger partial charge in [-0.15, -0.1) is 0 Å². The first-order valence-electron chi connectivity index (χ1n) is 11.1. The zero-order valence-corrected chi connectivity index (χ0v) is 18.7. The third-order valence-electron chi connectivity index (χ3n) is 6.65. The molecule has 1 saturated heterocycles. The van der Waals surface area contributed by atoms with Crippen molar-refractivity contribution >= 4 is 22.7 Å². The Morgan fingerprint density at radius 3 is 2.64 bits per heavy atom. The molecule has 0 saturated carbocycles. The molecule has 2 N–H and O–H groups in total. The molecular formula is C25H27N3O5. The highest BCUT2D eigenvalue weighted by molar-refractivity contribution is 5.97. The summed E-state index contributed by atoms with van der Waals surface area (Å²) in [7, 11) is 3.16. The summed E-state index contributed by atoms with van der Waals surface area (Å²) >= 11 is 0. The molecule has 172 valence electrons. The van der Waals surface area contributed by atoms with Gasteiger partial charge in [-0.25, -0.2) is 0 Å². The molecule has 1 aromatic heterocycles. The van der Waals surface area contributed by atoms with Crippen molar-refractivity contribution in [2.45, 2.75) is 24.9 Å². The molecule has 8 heteroatoms. The van der Waals surface area contributed by atoms with Crippen LogP contribution in [0.15, 0.2) is 42.5 Å². The van der Waals surface area contributed by atoms with Gasteiger partial charge in [-0.05, 0) is 35.7 Å². The van der Waals surface area contributed by atoms with Gasteiger partial charge in [-0.1, -0.05) is 24.3 Å². The SMILES string of the molecule is COc1ccc(C2c3[nH]c4ccccc4c3C[C@H]3C(=O)N(CCCO)CC(=O)N23)cc1OC. The van der Waals surface area contributed by atoms with Gasteiger partial charge in [0.2, 0.25) is 11.8 Å². The molecule has 1 fully saturated rings. The molecule has 3 aromatic rings. The van der Waals surface area contributed by atoms with Crippen molar-refractivity contribution in [2.75, 3.05) is 33.9 Å². The number of aromatic nitrogens is 1. The zero-order chi connectivity index (χ0) is 23.1. The highest BCUT2D eigenvalue weighted by Gasteiger charge is 2.48. The van der Waals surface area contributed by atoms with Crippen LogP contribution >= 0.6 is 0 Å². The van der Waals surface area contributed by atoms with Crippen LogP contribution in [0.4, 0.5) is 0 Å². The number of hydrogen-bond acceptors (Lipinski definition) is 5. The normalized spacial score (nSPS) is 20.1. The van der Waals surface area contributed by atoms with E-state index in [1.807, 2.05) is 42.5 Å². The summed E-state index contributed by atoms with van der Waals surface area (Å²) in [5, 5.41) is 10.3. The van der Waals surface area contributed by atoms with Crippen molar-refractivity contribution in [1.82, 2.24) is 14.8 Å². The average Bonchev–Trinajstić information content (AvgIpc) is 3.22. The van der Waals surface area contributed by atoms with Crippen molar-refractivity contribution in [3.05, 3.63) is 59.3 Å². The molecule has 2 aromatic carbocycles. The Morgan fingerprint density at radius 1 is 1.09 bits per heavy atom. The minimum Gasteiger partial charge on any atom is -0.493 e. The number of amides is 2. The molecule has 0 aliphatic carbocycles. The van der Waals surface area contributed by atoms with Crippen LogP contribution in [0, 0.1) is 0 Å². The number of carbonyl (C=O) groups is 2. The molecule has 33 heavy (non-hydrogen) atoms. The Morgan fingerprint density at radius 2 is 1.88 bits per heavy atom. The Labute approximate surface area is 191 Å². The molecule has 2 atom stereocenters. The lowest BCUT2D eigenvalue weighted by Crippen LogP contribution is -2.63. The molecule has 0 bridgehead atoms. The van der Waals surface area contributed by atoms with Gasteiger partial charge in [0.25, 0.3) is 0 Å². The second-order valence-corrected chi connectivity index (χ2v) is 8.44. The average molecular weight is 450 g/mol. The van der Waals surface area contributed by atoms with Crippen LogP contribution in [0.5, 0.6) is 11.5 Å². The molecular weight excluding hydrogens is 422 g/mol. The summed E-state index contributed by atoms with van der Waals surface area (Å²) in [6, 6.07) is 12.6. The number of rotatable bonds is 6. The maximum absolute atomic E-state index is 13.5. The molecule has 8 nitrogen and oxygen atoms in total. The molecule has 3 heterocycles. The van der Waals surface area contributed by atoms with Crippen LogP contribution in [-0.4, -0.2) is 71.7 Å². The lowest BCUT2D eigenvalue weighted by atomic mass is 9.86. The van der Waals surface area contributed by atoms with Gasteiger partial charge in [0.15, 0.2) is 11.5 Å². The largest absolute Gasteiger partial charge is 0.493 e. The minimum absolute atomic E-state index is 0.00862. The lowest BCUT2D eigenvalue weighted by molar-refractivity contribution is -0.158. The summed E-state index contributed by atoms with van der Waals surface area (Å²) in [6.45, 7) is 0.356. The topological polar surface area (TPSA) is 95.1 Å². The second-order valence-electron chi connectivity index (χ2n) is 8.44. The second kappa shape index (κ2) is 8.44. The summed E-state index contributed by atoms with van der Waals surface area (Å²) < 4.78 is 10.9. The number of H-pyrrole nitrogens is 1. The zero-order valence-electron chi connectivity index (χ0n) is 18.7. The van der Waals surface area contributed by atoms with E-state index in [9.17, 15) is 14.7 Å². The number of aliphatic hydroxyl groups excluding tert-OH is 1. The van der Waals surface area contributed by atoms with Gasteiger partial charge in [0.05, 0.1) is 26.8 Å². The quantitative estimate of drug-likeness (QED) is 0.602. The van der Waals surface area contributed by atoms with Crippen LogP contribution in [0.1, 0.15) is 29.3 Å². The number of aromatic amines is 1. The number of fused-ring (bicyclic) bond motifs is 4. The third kappa shape index (κ3) is 3.41. The highest BCUT2D eigenvalue weighted by atomic mass is 16.5. The van der Waals surface area contributed by atoms with Crippen molar-refractivity contribution in [3.8, 4) is 11.5 Å². The van der Waals surface area contributed by atoms with E-state index in [4.69, 9.17) is 9.47 Å². The number of ether oxygens (including phenoxy) is 2. The molecule has 2 aliphatic heterocycles. The number of nitrogens with zero attached hydrogens (tertiary/aromatic N) is 2. The van der Waals surface area contributed by atoms with Gasteiger partial charge in [-0.2, -0.15) is 0 Å². The van der Waals surface area contributed by atoms with E-state index in [1.54, 1.807) is 24.0 Å². The van der Waals surface area contributed by atoms with Gasteiger partial charge in [0.1, 0.15) is 6.04 Å². The van der Waals surface area contributed by atoms with Crippen LogP contribution in [-0.2, 0) is 16.0 Å². The molecule has 1 unspecified atom stereocenters. The fraction of sp³-hybridized carbons (Fsp3) is 0.360. The summed E-state index contributed by atoms with van der Waals surface area (Å²) in [6.07, 6.45) is 0.895. The van der Waals surface area contributed by atoms with E-state index in [1.165, 1.54) is 0 Å². The van der Waals surface area contributed by atoms with E-state index in [2.05, 4.69) is 4.98 Å². The van der Waals surface area contributed by atoms with Crippen LogP contribution in [0.2, 0.25) is 0 Å².